The van der Waals surface area contributed by atoms with E-state index in [0.29, 0.717) is 6.54 Å². The van der Waals surface area contributed by atoms with Crippen molar-refractivity contribution in [3.05, 3.63) is 35.9 Å². The van der Waals surface area contributed by atoms with Gasteiger partial charge in [0.05, 0.1) is 11.5 Å². The fourth-order valence-corrected chi connectivity index (χ4v) is 4.58. The second kappa shape index (κ2) is 7.29. The summed E-state index contributed by atoms with van der Waals surface area (Å²) in [7, 11) is 0. The van der Waals surface area contributed by atoms with Gasteiger partial charge in [0.2, 0.25) is 5.91 Å². The summed E-state index contributed by atoms with van der Waals surface area (Å²) in [6, 6.07) is 10.5. The number of hydrogen-bond acceptors (Lipinski definition) is 2. The van der Waals surface area contributed by atoms with Gasteiger partial charge in [-0.15, -0.1) is 0 Å². The summed E-state index contributed by atoms with van der Waals surface area (Å²) in [5, 5.41) is 3.35. The molecule has 3 amide bonds. The summed E-state index contributed by atoms with van der Waals surface area (Å²) in [5.41, 5.74) is 1.01. The Morgan fingerprint density at radius 2 is 1.62 bits per heavy atom. The van der Waals surface area contributed by atoms with Crippen LogP contribution in [0.15, 0.2) is 30.3 Å². The molecule has 2 heterocycles. The van der Waals surface area contributed by atoms with Gasteiger partial charge in [0, 0.05) is 26.2 Å². The van der Waals surface area contributed by atoms with Crippen LogP contribution in [0.4, 0.5) is 4.79 Å². The van der Waals surface area contributed by atoms with Gasteiger partial charge in [0.1, 0.15) is 0 Å². The van der Waals surface area contributed by atoms with Crippen molar-refractivity contribution < 1.29 is 9.59 Å². The monoisotopic (exact) mass is 355 g/mol. The number of benzene rings is 1. The van der Waals surface area contributed by atoms with E-state index >= 15 is 0 Å². The first-order valence-corrected chi connectivity index (χ1v) is 10.1. The van der Waals surface area contributed by atoms with Crippen molar-refractivity contribution in [1.29, 1.82) is 0 Å². The largest absolute Gasteiger partial charge is 0.346 e. The Bertz CT molecular complexity index is 650. The smallest absolute Gasteiger partial charge is 0.320 e. The summed E-state index contributed by atoms with van der Waals surface area (Å²) >= 11 is 0. The maximum atomic E-state index is 13.0. The van der Waals surface area contributed by atoms with Crippen LogP contribution < -0.4 is 5.32 Å². The number of rotatable bonds is 3. The van der Waals surface area contributed by atoms with Gasteiger partial charge >= 0.3 is 6.03 Å². The quantitative estimate of drug-likeness (QED) is 0.906. The average Bonchev–Trinajstić information content (AvgIpc) is 3.19. The second-order valence-corrected chi connectivity index (χ2v) is 8.05. The van der Waals surface area contributed by atoms with Crippen LogP contribution in [-0.2, 0) is 10.3 Å². The SMILES string of the molecule is O=C(NC1(c2ccccc2)CCC1)[C@H]1CCCN(C(=O)N2CCCC2)C1. The number of carbonyl (C=O) groups excluding carboxylic acids is 2. The van der Waals surface area contributed by atoms with Gasteiger partial charge in [-0.05, 0) is 50.5 Å². The van der Waals surface area contributed by atoms with Crippen LogP contribution in [0.3, 0.4) is 0 Å². The first-order valence-electron chi connectivity index (χ1n) is 10.1. The molecule has 2 saturated heterocycles. The molecule has 1 aliphatic carbocycles. The first kappa shape index (κ1) is 17.4. The van der Waals surface area contributed by atoms with Crippen molar-refractivity contribution in [1.82, 2.24) is 15.1 Å². The third kappa shape index (κ3) is 3.31. The Hall–Kier alpha value is -2.04. The maximum absolute atomic E-state index is 13.0. The lowest BCUT2D eigenvalue weighted by molar-refractivity contribution is -0.129. The molecular formula is C21H29N3O2. The van der Waals surface area contributed by atoms with Gasteiger partial charge in [-0.2, -0.15) is 0 Å². The molecule has 3 fully saturated rings. The molecule has 1 aromatic carbocycles. The highest BCUT2D eigenvalue weighted by molar-refractivity contribution is 5.82. The fourth-order valence-electron chi connectivity index (χ4n) is 4.58. The maximum Gasteiger partial charge on any atom is 0.320 e. The summed E-state index contributed by atoms with van der Waals surface area (Å²) in [6.07, 6.45) is 7.15. The zero-order chi connectivity index (χ0) is 18.0. The Labute approximate surface area is 155 Å². The third-order valence-electron chi connectivity index (χ3n) is 6.34. The lowest BCUT2D eigenvalue weighted by Crippen LogP contribution is -2.55. The van der Waals surface area contributed by atoms with E-state index in [4.69, 9.17) is 0 Å². The molecule has 0 radical (unpaired) electrons. The first-order chi connectivity index (χ1) is 12.7. The standard InChI is InChI=1S/C21H29N3O2/c25-19(22-21(11-7-12-21)18-9-2-1-3-10-18)17-8-6-15-24(16-17)20(26)23-13-4-5-14-23/h1-3,9-10,17H,4-8,11-16H2,(H,22,25)/t17-/m0/s1. The summed E-state index contributed by atoms with van der Waals surface area (Å²) in [5.74, 6) is 0.0314. The molecule has 1 saturated carbocycles. The summed E-state index contributed by atoms with van der Waals surface area (Å²) in [4.78, 5) is 29.5. The van der Waals surface area contributed by atoms with E-state index in [2.05, 4.69) is 17.4 Å². The van der Waals surface area contributed by atoms with Crippen LogP contribution in [0.1, 0.15) is 50.5 Å². The zero-order valence-corrected chi connectivity index (χ0v) is 15.5. The van der Waals surface area contributed by atoms with E-state index in [0.717, 1.165) is 64.6 Å². The normalized spacial score (nSPS) is 24.8. The molecule has 26 heavy (non-hydrogen) atoms. The van der Waals surface area contributed by atoms with Crippen LogP contribution in [0, 0.1) is 5.92 Å². The Morgan fingerprint density at radius 3 is 2.27 bits per heavy atom. The van der Waals surface area contributed by atoms with Gasteiger partial charge in [-0.3, -0.25) is 4.79 Å². The van der Waals surface area contributed by atoms with Crippen LogP contribution >= 0.6 is 0 Å². The van der Waals surface area contributed by atoms with Crippen molar-refractivity contribution in [2.75, 3.05) is 26.2 Å². The molecule has 5 nitrogen and oxygen atoms in total. The number of nitrogens with zero attached hydrogens (tertiary/aromatic N) is 2. The second-order valence-electron chi connectivity index (χ2n) is 8.05. The van der Waals surface area contributed by atoms with Crippen molar-refractivity contribution in [2.24, 2.45) is 5.92 Å². The molecule has 140 valence electrons. The van der Waals surface area contributed by atoms with E-state index in [1.54, 1.807) is 0 Å². The van der Waals surface area contributed by atoms with Gasteiger partial charge < -0.3 is 15.1 Å². The highest BCUT2D eigenvalue weighted by Crippen LogP contribution is 2.41. The molecular weight excluding hydrogens is 326 g/mol. The summed E-state index contributed by atoms with van der Waals surface area (Å²) in [6.45, 7) is 3.07. The lowest BCUT2D eigenvalue weighted by atomic mass is 9.71. The molecule has 1 atom stereocenters. The minimum Gasteiger partial charge on any atom is -0.346 e. The van der Waals surface area contributed by atoms with E-state index in [9.17, 15) is 9.59 Å². The van der Waals surface area contributed by atoms with E-state index in [1.165, 1.54) is 5.56 Å². The van der Waals surface area contributed by atoms with Gasteiger partial charge in [0.25, 0.3) is 0 Å². The number of nitrogens with one attached hydrogen (secondary N) is 1. The van der Waals surface area contributed by atoms with Crippen molar-refractivity contribution in [2.45, 2.75) is 50.5 Å². The Kier molecular flexibility index (Phi) is 4.88. The van der Waals surface area contributed by atoms with Crippen LogP contribution in [0.2, 0.25) is 0 Å². The lowest BCUT2D eigenvalue weighted by Gasteiger charge is -2.44. The molecule has 4 rings (SSSR count). The van der Waals surface area contributed by atoms with Gasteiger partial charge in [-0.1, -0.05) is 30.3 Å². The van der Waals surface area contributed by atoms with Crippen molar-refractivity contribution in [3.8, 4) is 0 Å². The topological polar surface area (TPSA) is 52.7 Å². The molecule has 1 N–H and O–H groups in total. The third-order valence-corrected chi connectivity index (χ3v) is 6.34. The van der Waals surface area contributed by atoms with Crippen LogP contribution in [-0.4, -0.2) is 47.9 Å². The Morgan fingerprint density at radius 1 is 0.923 bits per heavy atom. The zero-order valence-electron chi connectivity index (χ0n) is 15.5. The predicted octanol–water partition coefficient (Wildman–Crippen LogP) is 3.11. The number of amides is 3. The molecule has 3 aliphatic rings. The number of carbonyl (C=O) groups is 2. The van der Waals surface area contributed by atoms with Crippen molar-refractivity contribution in [3.63, 3.8) is 0 Å². The number of urea groups is 1. The molecule has 0 spiro atoms. The van der Waals surface area contributed by atoms with Crippen LogP contribution in [0.25, 0.3) is 0 Å². The number of likely N-dealkylation sites (tertiary alicyclic amines) is 2. The minimum absolute atomic E-state index is 0.0866. The number of piperidine rings is 1. The molecule has 0 bridgehead atoms. The number of hydrogen-bond donors (Lipinski definition) is 1. The highest BCUT2D eigenvalue weighted by Gasteiger charge is 2.42. The highest BCUT2D eigenvalue weighted by atomic mass is 16.2. The fraction of sp³-hybridized carbons (Fsp3) is 0.619. The molecule has 0 aromatic heterocycles. The molecule has 0 unspecified atom stereocenters. The molecule has 1 aromatic rings. The Balaban J connectivity index is 1.40. The molecule has 2 aliphatic heterocycles. The average molecular weight is 355 g/mol. The van der Waals surface area contributed by atoms with Gasteiger partial charge in [0.15, 0.2) is 0 Å². The van der Waals surface area contributed by atoms with E-state index in [1.807, 2.05) is 28.0 Å². The van der Waals surface area contributed by atoms with E-state index < -0.39 is 0 Å². The molecule has 5 heteroatoms. The minimum atomic E-state index is -0.195. The predicted molar refractivity (Wildman–Crippen MR) is 101 cm³/mol. The summed E-state index contributed by atoms with van der Waals surface area (Å²) < 4.78 is 0. The van der Waals surface area contributed by atoms with Gasteiger partial charge in [-0.25, -0.2) is 4.79 Å². The van der Waals surface area contributed by atoms with Crippen molar-refractivity contribution >= 4 is 11.9 Å². The van der Waals surface area contributed by atoms with Crippen LogP contribution in [0.5, 0.6) is 0 Å². The van der Waals surface area contributed by atoms with E-state index in [-0.39, 0.29) is 23.4 Å².